The van der Waals surface area contributed by atoms with E-state index in [0.717, 1.165) is 67.4 Å². The van der Waals surface area contributed by atoms with Crippen molar-refractivity contribution in [1.82, 2.24) is 14.9 Å². The predicted molar refractivity (Wildman–Crippen MR) is 123 cm³/mol. The Balaban J connectivity index is 1.54. The molecule has 7 heteroatoms. The molecule has 166 valence electrons. The van der Waals surface area contributed by atoms with E-state index >= 15 is 0 Å². The molecule has 7 nitrogen and oxygen atoms in total. The van der Waals surface area contributed by atoms with Crippen LogP contribution in [0.3, 0.4) is 0 Å². The summed E-state index contributed by atoms with van der Waals surface area (Å²) in [7, 11) is 4.05. The van der Waals surface area contributed by atoms with Gasteiger partial charge in [-0.05, 0) is 30.5 Å². The first kappa shape index (κ1) is 21.6. The fourth-order valence-corrected chi connectivity index (χ4v) is 4.33. The van der Waals surface area contributed by atoms with Crippen molar-refractivity contribution in [3.05, 3.63) is 46.6 Å². The van der Waals surface area contributed by atoms with Gasteiger partial charge in [-0.2, -0.15) is 4.98 Å². The molecule has 0 bridgehead atoms. The number of anilines is 2. The van der Waals surface area contributed by atoms with Crippen molar-refractivity contribution in [2.75, 3.05) is 63.3 Å². The van der Waals surface area contributed by atoms with Crippen LogP contribution in [0.15, 0.2) is 24.3 Å². The van der Waals surface area contributed by atoms with Crippen molar-refractivity contribution in [3.8, 4) is 0 Å². The average Bonchev–Trinajstić information content (AvgIpc) is 3.02. The van der Waals surface area contributed by atoms with Gasteiger partial charge in [-0.25, -0.2) is 4.98 Å². The minimum absolute atomic E-state index is 0.101. The topological polar surface area (TPSA) is 61.8 Å². The van der Waals surface area contributed by atoms with E-state index in [9.17, 15) is 4.79 Å². The van der Waals surface area contributed by atoms with Gasteiger partial charge >= 0.3 is 0 Å². The van der Waals surface area contributed by atoms with E-state index in [0.29, 0.717) is 26.3 Å². The zero-order valence-corrected chi connectivity index (χ0v) is 18.9. The molecule has 1 fully saturated rings. The highest BCUT2D eigenvalue weighted by Crippen LogP contribution is 2.27. The number of carbonyl (C=O) groups is 1. The van der Waals surface area contributed by atoms with Gasteiger partial charge in [0.05, 0.1) is 18.9 Å². The van der Waals surface area contributed by atoms with Gasteiger partial charge in [0.1, 0.15) is 5.82 Å². The van der Waals surface area contributed by atoms with Gasteiger partial charge in [0.15, 0.2) is 0 Å². The Morgan fingerprint density at radius 1 is 1.03 bits per heavy atom. The number of hydrogen-bond acceptors (Lipinski definition) is 6. The van der Waals surface area contributed by atoms with Crippen LogP contribution in [0.4, 0.5) is 11.8 Å². The second-order valence-corrected chi connectivity index (χ2v) is 8.51. The van der Waals surface area contributed by atoms with Gasteiger partial charge in [0, 0.05) is 57.8 Å². The number of fused-ring (bicyclic) bond motifs is 1. The third-order valence-corrected chi connectivity index (χ3v) is 6.05. The van der Waals surface area contributed by atoms with E-state index in [2.05, 4.69) is 28.9 Å². The van der Waals surface area contributed by atoms with Crippen LogP contribution in [-0.2, 0) is 24.0 Å². The van der Waals surface area contributed by atoms with Crippen LogP contribution in [0.1, 0.15) is 40.5 Å². The molecular weight excluding hydrogens is 390 g/mol. The van der Waals surface area contributed by atoms with Crippen LogP contribution in [0.25, 0.3) is 0 Å². The van der Waals surface area contributed by atoms with Crippen LogP contribution in [0, 0.1) is 0 Å². The number of rotatable bonds is 5. The van der Waals surface area contributed by atoms with Gasteiger partial charge in [-0.1, -0.05) is 25.5 Å². The highest BCUT2D eigenvalue weighted by Gasteiger charge is 2.26. The van der Waals surface area contributed by atoms with E-state index in [-0.39, 0.29) is 5.91 Å². The molecule has 3 heterocycles. The molecule has 0 radical (unpaired) electrons. The number of aryl methyl sites for hydroxylation is 1. The molecule has 1 aromatic heterocycles. The van der Waals surface area contributed by atoms with Crippen LogP contribution in [0.5, 0.6) is 0 Å². The summed E-state index contributed by atoms with van der Waals surface area (Å²) >= 11 is 0. The fourth-order valence-electron chi connectivity index (χ4n) is 4.33. The van der Waals surface area contributed by atoms with Gasteiger partial charge in [0.25, 0.3) is 5.91 Å². The molecule has 0 unspecified atom stereocenters. The van der Waals surface area contributed by atoms with Gasteiger partial charge < -0.3 is 19.4 Å². The van der Waals surface area contributed by atoms with Crippen molar-refractivity contribution >= 4 is 17.7 Å². The largest absolute Gasteiger partial charge is 0.378 e. The lowest BCUT2D eigenvalue weighted by atomic mass is 10.1. The Bertz CT molecular complexity index is 907. The summed E-state index contributed by atoms with van der Waals surface area (Å²) < 4.78 is 5.48. The van der Waals surface area contributed by atoms with E-state index in [1.807, 2.05) is 31.1 Å². The third kappa shape index (κ3) is 4.82. The minimum atomic E-state index is 0.101. The number of hydrogen-bond donors (Lipinski definition) is 0. The van der Waals surface area contributed by atoms with Crippen LogP contribution in [0.2, 0.25) is 0 Å². The molecule has 0 aliphatic carbocycles. The second-order valence-electron chi connectivity index (χ2n) is 8.51. The maximum absolute atomic E-state index is 13.2. The van der Waals surface area contributed by atoms with E-state index < -0.39 is 0 Å². The Morgan fingerprint density at radius 2 is 1.74 bits per heavy atom. The van der Waals surface area contributed by atoms with Crippen molar-refractivity contribution in [2.45, 2.75) is 32.6 Å². The molecule has 1 saturated heterocycles. The van der Waals surface area contributed by atoms with Gasteiger partial charge in [-0.15, -0.1) is 0 Å². The van der Waals surface area contributed by atoms with Crippen LogP contribution < -0.4 is 9.80 Å². The maximum atomic E-state index is 13.2. The molecule has 1 amide bonds. The summed E-state index contributed by atoms with van der Waals surface area (Å²) in [5.41, 5.74) is 4.27. The monoisotopic (exact) mass is 423 g/mol. The van der Waals surface area contributed by atoms with Crippen molar-refractivity contribution in [3.63, 3.8) is 0 Å². The SMILES string of the molecule is CCCc1ccc(C(=O)N2CCc3nc(N4CCOCC4)nc(N(C)C)c3CC2)cc1. The minimum Gasteiger partial charge on any atom is -0.378 e. The predicted octanol–water partition coefficient (Wildman–Crippen LogP) is 2.57. The smallest absolute Gasteiger partial charge is 0.253 e. The first-order valence-corrected chi connectivity index (χ1v) is 11.3. The fraction of sp³-hybridized carbons (Fsp3) is 0.542. The summed E-state index contributed by atoms with van der Waals surface area (Å²) in [4.78, 5) is 29.2. The zero-order chi connectivity index (χ0) is 21.8. The molecule has 1 aromatic carbocycles. The number of ether oxygens (including phenoxy) is 1. The number of aromatic nitrogens is 2. The lowest BCUT2D eigenvalue weighted by molar-refractivity contribution is 0.0763. The molecular formula is C24H33N5O2. The quantitative estimate of drug-likeness (QED) is 0.737. The van der Waals surface area contributed by atoms with Crippen molar-refractivity contribution < 1.29 is 9.53 Å². The zero-order valence-electron chi connectivity index (χ0n) is 18.9. The second kappa shape index (κ2) is 9.64. The summed E-state index contributed by atoms with van der Waals surface area (Å²) in [6.07, 6.45) is 3.67. The number of nitrogens with zero attached hydrogens (tertiary/aromatic N) is 5. The highest BCUT2D eigenvalue weighted by atomic mass is 16.5. The van der Waals surface area contributed by atoms with Gasteiger partial charge in [-0.3, -0.25) is 4.79 Å². The first-order chi connectivity index (χ1) is 15.1. The Kier molecular flexibility index (Phi) is 6.70. The Labute approximate surface area is 185 Å². The van der Waals surface area contributed by atoms with Crippen LogP contribution in [-0.4, -0.2) is 74.3 Å². The number of carbonyl (C=O) groups excluding carboxylic acids is 1. The summed E-state index contributed by atoms with van der Waals surface area (Å²) in [6, 6.07) is 8.08. The molecule has 0 N–H and O–H groups in total. The van der Waals surface area contributed by atoms with Crippen molar-refractivity contribution in [1.29, 1.82) is 0 Å². The molecule has 2 aliphatic rings. The molecule has 0 atom stereocenters. The molecule has 2 aliphatic heterocycles. The Morgan fingerprint density at radius 3 is 2.42 bits per heavy atom. The molecule has 31 heavy (non-hydrogen) atoms. The number of amides is 1. The highest BCUT2D eigenvalue weighted by molar-refractivity contribution is 5.94. The van der Waals surface area contributed by atoms with Crippen LogP contribution >= 0.6 is 0 Å². The Hall–Kier alpha value is -2.67. The molecule has 2 aromatic rings. The van der Waals surface area contributed by atoms with E-state index in [1.54, 1.807) is 0 Å². The average molecular weight is 424 g/mol. The van der Waals surface area contributed by atoms with Gasteiger partial charge in [0.2, 0.25) is 5.95 Å². The standard InChI is InChI=1S/C24H33N5O2/c1-4-5-18-6-8-19(9-7-18)23(30)28-12-10-20-21(11-13-28)25-24(26-22(20)27(2)3)29-14-16-31-17-15-29/h6-9H,4-5,10-17H2,1-3H3. The van der Waals surface area contributed by atoms with E-state index in [1.165, 1.54) is 5.56 Å². The number of morpholine rings is 1. The summed E-state index contributed by atoms with van der Waals surface area (Å²) in [6.45, 7) is 6.56. The maximum Gasteiger partial charge on any atom is 0.253 e. The summed E-state index contributed by atoms with van der Waals surface area (Å²) in [5, 5.41) is 0. The van der Waals surface area contributed by atoms with E-state index in [4.69, 9.17) is 14.7 Å². The normalized spacial score (nSPS) is 16.6. The first-order valence-electron chi connectivity index (χ1n) is 11.3. The molecule has 0 spiro atoms. The lowest BCUT2D eigenvalue weighted by Crippen LogP contribution is -2.38. The lowest BCUT2D eigenvalue weighted by Gasteiger charge is -2.28. The third-order valence-electron chi connectivity index (χ3n) is 6.05. The molecule has 4 rings (SSSR count). The molecule has 0 saturated carbocycles. The number of benzene rings is 1. The van der Waals surface area contributed by atoms with Crippen molar-refractivity contribution in [2.24, 2.45) is 0 Å². The summed E-state index contributed by atoms with van der Waals surface area (Å²) in [5.74, 6) is 1.84.